The highest BCUT2D eigenvalue weighted by Crippen LogP contribution is 2.20. The minimum absolute atomic E-state index is 0.0790. The van der Waals surface area contributed by atoms with Crippen molar-refractivity contribution in [3.05, 3.63) is 102 Å². The van der Waals surface area contributed by atoms with Crippen molar-refractivity contribution in [2.24, 2.45) is 0 Å². The zero-order valence-corrected chi connectivity index (χ0v) is 17.0. The highest BCUT2D eigenvalue weighted by atomic mass is 32.2. The maximum Gasteiger partial charge on any atom is 0.240 e. The average Bonchev–Trinajstić information content (AvgIpc) is 2.72. The predicted molar refractivity (Wildman–Crippen MR) is 114 cm³/mol. The summed E-state index contributed by atoms with van der Waals surface area (Å²) in [6, 6.07) is 26.8. The van der Waals surface area contributed by atoms with Crippen LogP contribution in [-0.2, 0) is 10.0 Å². The molecule has 2 atom stereocenters. The number of hydrogen-bond acceptors (Lipinski definition) is 3. The Morgan fingerprint density at radius 2 is 1.32 bits per heavy atom. The van der Waals surface area contributed by atoms with Crippen molar-refractivity contribution in [3.63, 3.8) is 0 Å². The molecule has 2 unspecified atom stereocenters. The fourth-order valence-electron chi connectivity index (χ4n) is 3.09. The van der Waals surface area contributed by atoms with Gasteiger partial charge in [0.1, 0.15) is 0 Å². The maximum atomic E-state index is 12.7. The second-order valence-corrected chi connectivity index (χ2v) is 8.69. The lowest BCUT2D eigenvalue weighted by atomic mass is 10.0. The number of sulfonamides is 1. The van der Waals surface area contributed by atoms with E-state index in [9.17, 15) is 8.42 Å². The molecule has 146 valence electrons. The van der Waals surface area contributed by atoms with Crippen LogP contribution in [0.5, 0.6) is 0 Å². The Bertz CT molecular complexity index is 972. The lowest BCUT2D eigenvalue weighted by Gasteiger charge is -2.24. The molecule has 0 spiro atoms. The highest BCUT2D eigenvalue weighted by Gasteiger charge is 2.20. The van der Waals surface area contributed by atoms with Crippen molar-refractivity contribution in [3.8, 4) is 0 Å². The van der Waals surface area contributed by atoms with Gasteiger partial charge < -0.3 is 5.32 Å². The van der Waals surface area contributed by atoms with Crippen LogP contribution in [0.2, 0.25) is 0 Å². The fourth-order valence-corrected chi connectivity index (χ4v) is 4.14. The molecule has 0 saturated heterocycles. The molecule has 4 nitrogen and oxygen atoms in total. The van der Waals surface area contributed by atoms with Crippen molar-refractivity contribution in [1.29, 1.82) is 0 Å². The van der Waals surface area contributed by atoms with Crippen LogP contribution in [-0.4, -0.2) is 15.0 Å². The Kier molecular flexibility index (Phi) is 6.62. The molecule has 2 N–H and O–H groups in total. The maximum absolute atomic E-state index is 12.7. The van der Waals surface area contributed by atoms with Gasteiger partial charge in [-0.1, -0.05) is 78.4 Å². The van der Waals surface area contributed by atoms with E-state index in [1.807, 2.05) is 55.5 Å². The molecule has 0 aromatic heterocycles. The number of rotatable bonds is 8. The predicted octanol–water partition coefficient (Wildman–Crippen LogP) is 4.37. The zero-order chi connectivity index (χ0) is 20.0. The summed E-state index contributed by atoms with van der Waals surface area (Å²) in [7, 11) is -3.57. The molecule has 28 heavy (non-hydrogen) atoms. The molecule has 3 aromatic carbocycles. The van der Waals surface area contributed by atoms with Gasteiger partial charge in [0.05, 0.1) is 4.90 Å². The van der Waals surface area contributed by atoms with E-state index in [1.54, 1.807) is 24.3 Å². The number of aryl methyl sites for hydroxylation is 1. The number of hydrogen-bond donors (Lipinski definition) is 2. The zero-order valence-electron chi connectivity index (χ0n) is 16.2. The second kappa shape index (κ2) is 9.15. The van der Waals surface area contributed by atoms with Gasteiger partial charge in [-0.2, -0.15) is 0 Å². The van der Waals surface area contributed by atoms with Gasteiger partial charge in [0, 0.05) is 18.6 Å². The molecule has 0 amide bonds. The van der Waals surface area contributed by atoms with Gasteiger partial charge in [-0.3, -0.25) is 0 Å². The largest absolute Gasteiger partial charge is 0.302 e. The van der Waals surface area contributed by atoms with E-state index in [1.165, 1.54) is 0 Å². The fraction of sp³-hybridized carbons (Fsp3) is 0.217. The smallest absolute Gasteiger partial charge is 0.240 e. The van der Waals surface area contributed by atoms with Gasteiger partial charge in [0.2, 0.25) is 10.0 Å². The van der Waals surface area contributed by atoms with E-state index in [2.05, 4.69) is 29.1 Å². The Morgan fingerprint density at radius 1 is 0.786 bits per heavy atom. The Morgan fingerprint density at radius 3 is 1.89 bits per heavy atom. The van der Waals surface area contributed by atoms with Crippen LogP contribution in [0.3, 0.4) is 0 Å². The van der Waals surface area contributed by atoms with Gasteiger partial charge in [-0.25, -0.2) is 13.1 Å². The highest BCUT2D eigenvalue weighted by molar-refractivity contribution is 7.89. The van der Waals surface area contributed by atoms with Crippen LogP contribution in [0.4, 0.5) is 0 Å². The van der Waals surface area contributed by atoms with E-state index in [4.69, 9.17) is 0 Å². The quantitative estimate of drug-likeness (QED) is 0.597. The first kappa shape index (κ1) is 20.3. The van der Waals surface area contributed by atoms with Gasteiger partial charge in [-0.15, -0.1) is 0 Å². The topological polar surface area (TPSA) is 58.2 Å². The van der Waals surface area contributed by atoms with Crippen molar-refractivity contribution in [2.75, 3.05) is 6.54 Å². The van der Waals surface area contributed by atoms with E-state index < -0.39 is 10.0 Å². The van der Waals surface area contributed by atoms with Crippen LogP contribution < -0.4 is 10.0 Å². The first-order valence-electron chi connectivity index (χ1n) is 9.38. The van der Waals surface area contributed by atoms with Crippen molar-refractivity contribution in [2.45, 2.75) is 30.8 Å². The van der Waals surface area contributed by atoms with E-state index in [0.29, 0.717) is 0 Å². The van der Waals surface area contributed by atoms with Crippen molar-refractivity contribution < 1.29 is 8.42 Å². The van der Waals surface area contributed by atoms with Crippen LogP contribution in [0, 0.1) is 6.92 Å². The first-order chi connectivity index (χ1) is 13.5. The lowest BCUT2D eigenvalue weighted by molar-refractivity contribution is 0.459. The molecule has 0 fully saturated rings. The molecule has 0 aliphatic carbocycles. The van der Waals surface area contributed by atoms with E-state index in [-0.39, 0.29) is 23.5 Å². The van der Waals surface area contributed by atoms with E-state index >= 15 is 0 Å². The molecule has 0 aliphatic heterocycles. The summed E-state index contributed by atoms with van der Waals surface area (Å²) in [5.74, 6) is 0. The molecule has 0 heterocycles. The minimum Gasteiger partial charge on any atom is -0.302 e. The summed E-state index contributed by atoms with van der Waals surface area (Å²) in [4.78, 5) is 0.279. The van der Waals surface area contributed by atoms with Gasteiger partial charge in [0.25, 0.3) is 0 Å². The van der Waals surface area contributed by atoms with Crippen LogP contribution >= 0.6 is 0 Å². The molecule has 5 heteroatoms. The molecule has 0 aliphatic rings. The second-order valence-electron chi connectivity index (χ2n) is 6.93. The molecule has 3 aromatic rings. The Balaban J connectivity index is 1.77. The third kappa shape index (κ3) is 5.29. The summed E-state index contributed by atoms with van der Waals surface area (Å²) in [5, 5.41) is 3.56. The van der Waals surface area contributed by atoms with Crippen LogP contribution in [0.1, 0.15) is 35.7 Å². The normalized spacial score (nSPS) is 13.8. The number of nitrogens with one attached hydrogen (secondary N) is 2. The summed E-state index contributed by atoms with van der Waals surface area (Å²) >= 11 is 0. The van der Waals surface area contributed by atoms with Gasteiger partial charge in [-0.05, 0) is 37.1 Å². The molecular weight excluding hydrogens is 368 g/mol. The average molecular weight is 395 g/mol. The third-order valence-electron chi connectivity index (χ3n) is 4.76. The Hall–Kier alpha value is -2.47. The van der Waals surface area contributed by atoms with Crippen LogP contribution in [0.15, 0.2) is 89.8 Å². The first-order valence-corrected chi connectivity index (χ1v) is 10.9. The molecule has 0 radical (unpaired) electrons. The third-order valence-corrected chi connectivity index (χ3v) is 6.20. The number of benzene rings is 3. The standard InChI is InChI=1S/C23H26N2O2S/c1-18-13-15-22(16-14-18)28(26,27)24-17-23(21-11-7-4-8-12-21)25-19(2)20-9-5-3-6-10-20/h3-16,19,23-25H,17H2,1-2H3. The Labute approximate surface area is 167 Å². The summed E-state index contributed by atoms with van der Waals surface area (Å²) in [6.07, 6.45) is 0. The van der Waals surface area contributed by atoms with Gasteiger partial charge >= 0.3 is 0 Å². The van der Waals surface area contributed by atoms with E-state index in [0.717, 1.165) is 16.7 Å². The minimum atomic E-state index is -3.57. The molecular formula is C23H26N2O2S. The molecule has 0 bridgehead atoms. The SMILES string of the molecule is Cc1ccc(S(=O)(=O)NCC(NC(C)c2ccccc2)c2ccccc2)cc1. The summed E-state index contributed by atoms with van der Waals surface area (Å²) in [5.41, 5.74) is 3.22. The summed E-state index contributed by atoms with van der Waals surface area (Å²) in [6.45, 7) is 4.28. The van der Waals surface area contributed by atoms with Crippen molar-refractivity contribution in [1.82, 2.24) is 10.0 Å². The van der Waals surface area contributed by atoms with Gasteiger partial charge in [0.15, 0.2) is 0 Å². The monoisotopic (exact) mass is 394 g/mol. The lowest BCUT2D eigenvalue weighted by Crippen LogP contribution is -2.36. The molecule has 3 rings (SSSR count). The van der Waals surface area contributed by atoms with Crippen molar-refractivity contribution >= 4 is 10.0 Å². The molecule has 0 saturated carbocycles. The van der Waals surface area contributed by atoms with Crippen LogP contribution in [0.25, 0.3) is 0 Å². The summed E-state index contributed by atoms with van der Waals surface area (Å²) < 4.78 is 28.2.